The summed E-state index contributed by atoms with van der Waals surface area (Å²) in [6.45, 7) is 19.8. The van der Waals surface area contributed by atoms with Crippen molar-refractivity contribution in [3.05, 3.63) is 155 Å². The largest absolute Gasteiger partial charge is 0.376 e. The van der Waals surface area contributed by atoms with E-state index in [0.717, 1.165) is 0 Å². The van der Waals surface area contributed by atoms with Crippen molar-refractivity contribution in [2.45, 2.75) is 103 Å². The molecule has 5 aliphatic rings. The summed E-state index contributed by atoms with van der Waals surface area (Å²) in [7, 11) is 0. The first kappa shape index (κ1) is 37.0. The van der Waals surface area contributed by atoms with Crippen LogP contribution in [0.25, 0.3) is 53.6 Å². The van der Waals surface area contributed by atoms with Gasteiger partial charge in [-0.3, -0.25) is 0 Å². The van der Waals surface area contributed by atoms with Crippen LogP contribution in [0.1, 0.15) is 102 Å². The first-order valence-corrected chi connectivity index (χ1v) is 23.8. The van der Waals surface area contributed by atoms with Crippen molar-refractivity contribution in [2.24, 2.45) is 0 Å². The minimum atomic E-state index is -0.200. The van der Waals surface area contributed by atoms with Crippen LogP contribution in [0.15, 0.2) is 127 Å². The molecule has 4 heteroatoms. The Bertz CT molecular complexity index is 3280. The van der Waals surface area contributed by atoms with E-state index in [1.165, 1.54) is 135 Å². The first-order chi connectivity index (χ1) is 29.8. The maximum atomic E-state index is 2.93. The van der Waals surface area contributed by atoms with E-state index < -0.39 is 0 Å². The smallest absolute Gasteiger partial charge is 0.333 e. The van der Waals surface area contributed by atoms with Crippen molar-refractivity contribution in [1.82, 2.24) is 0 Å². The van der Waals surface area contributed by atoms with Crippen LogP contribution in [0.4, 0.5) is 22.7 Å². The van der Waals surface area contributed by atoms with Crippen LogP contribution in [0.2, 0.25) is 0 Å². The molecule has 4 heterocycles. The summed E-state index contributed by atoms with van der Waals surface area (Å²) in [6.07, 6.45) is 4.93. The number of nitrogens with zero attached hydrogens (tertiary/aromatic N) is 2. The number of thiophene rings is 1. The van der Waals surface area contributed by atoms with Gasteiger partial charge in [0.05, 0.1) is 5.54 Å². The lowest BCUT2D eigenvalue weighted by molar-refractivity contribution is 0.195. The lowest BCUT2D eigenvalue weighted by Crippen LogP contribution is -2.65. The highest BCUT2D eigenvalue weighted by molar-refractivity contribution is 7.26. The van der Waals surface area contributed by atoms with E-state index >= 15 is 0 Å². The van der Waals surface area contributed by atoms with Gasteiger partial charge in [0.15, 0.2) is 0 Å². The highest BCUT2D eigenvalue weighted by atomic mass is 32.1. The van der Waals surface area contributed by atoms with Crippen molar-refractivity contribution in [3.63, 3.8) is 0 Å². The Kier molecular flexibility index (Phi) is 7.23. The van der Waals surface area contributed by atoms with Crippen LogP contribution in [0.3, 0.4) is 0 Å². The second-order valence-electron chi connectivity index (χ2n) is 21.2. The summed E-state index contributed by atoms with van der Waals surface area (Å²) < 4.78 is 2.80. The molecule has 7 aromatic carbocycles. The highest BCUT2D eigenvalue weighted by Crippen LogP contribution is 2.65. The number of anilines is 4. The Hall–Kier alpha value is -5.58. The summed E-state index contributed by atoms with van der Waals surface area (Å²) in [4.78, 5) is 5.75. The summed E-state index contributed by atoms with van der Waals surface area (Å²) >= 11 is 2.01. The highest BCUT2D eigenvalue weighted by Gasteiger charge is 2.62. The summed E-state index contributed by atoms with van der Waals surface area (Å²) in [5.74, 6) is 0. The zero-order valence-electron chi connectivity index (χ0n) is 37.3. The molecule has 3 aliphatic heterocycles. The van der Waals surface area contributed by atoms with E-state index in [4.69, 9.17) is 0 Å². The second-order valence-corrected chi connectivity index (χ2v) is 22.3. The van der Waals surface area contributed by atoms with E-state index in [0.29, 0.717) is 0 Å². The Morgan fingerprint density at radius 3 is 2.18 bits per heavy atom. The third-order valence-corrected chi connectivity index (χ3v) is 17.8. The molecule has 0 saturated heterocycles. The fourth-order valence-electron chi connectivity index (χ4n) is 13.3. The molecular weight excluding hydrogens is 768 g/mol. The van der Waals surface area contributed by atoms with Gasteiger partial charge in [0.25, 0.3) is 0 Å². The van der Waals surface area contributed by atoms with Crippen LogP contribution in [-0.2, 0) is 16.2 Å². The third-order valence-electron chi connectivity index (χ3n) is 16.6. The van der Waals surface area contributed by atoms with Crippen molar-refractivity contribution in [3.8, 4) is 33.4 Å². The molecule has 0 radical (unpaired) electrons. The predicted octanol–water partition coefficient (Wildman–Crippen LogP) is 14.6. The molecule has 13 rings (SSSR count). The number of hydrogen-bond donors (Lipinski definition) is 0. The molecule has 2 nitrogen and oxygen atoms in total. The summed E-state index contributed by atoms with van der Waals surface area (Å²) in [5, 5.41) is 2.77. The summed E-state index contributed by atoms with van der Waals surface area (Å²) in [6, 6.07) is 49.5. The van der Waals surface area contributed by atoms with Gasteiger partial charge in [0.2, 0.25) is 0 Å². The normalized spacial score (nSPS) is 21.1. The van der Waals surface area contributed by atoms with E-state index in [1.807, 2.05) is 11.3 Å². The maximum absolute atomic E-state index is 2.93. The molecule has 2 atom stereocenters. The minimum absolute atomic E-state index is 0.0124. The summed E-state index contributed by atoms with van der Waals surface area (Å²) in [5.41, 5.74) is 23.6. The van der Waals surface area contributed by atoms with E-state index in [-0.39, 0.29) is 28.6 Å². The van der Waals surface area contributed by atoms with Crippen LogP contribution in [0.5, 0.6) is 0 Å². The predicted molar refractivity (Wildman–Crippen MR) is 268 cm³/mol. The van der Waals surface area contributed by atoms with Crippen LogP contribution in [0, 0.1) is 6.92 Å². The van der Waals surface area contributed by atoms with E-state index in [2.05, 4.69) is 192 Å². The monoisotopic (exact) mass is 820 g/mol. The van der Waals surface area contributed by atoms with Gasteiger partial charge in [-0.15, -0.1) is 11.3 Å². The molecule has 1 saturated carbocycles. The molecule has 2 unspecified atom stereocenters. The Morgan fingerprint density at radius 1 is 0.629 bits per heavy atom. The fourth-order valence-corrected chi connectivity index (χ4v) is 14.6. The molecular formula is C58H53BN2S. The number of aryl methyl sites for hydroxylation is 1. The molecule has 62 heavy (non-hydrogen) atoms. The molecule has 1 aromatic heterocycles. The third kappa shape index (κ3) is 4.47. The van der Waals surface area contributed by atoms with Crippen molar-refractivity contribution >= 4 is 72.0 Å². The zero-order valence-corrected chi connectivity index (χ0v) is 38.1. The van der Waals surface area contributed by atoms with Gasteiger partial charge in [-0.1, -0.05) is 151 Å². The van der Waals surface area contributed by atoms with E-state index in [1.54, 1.807) is 5.56 Å². The van der Waals surface area contributed by atoms with Gasteiger partial charge in [-0.25, -0.2) is 0 Å². The van der Waals surface area contributed by atoms with Crippen LogP contribution < -0.4 is 20.6 Å². The maximum Gasteiger partial charge on any atom is 0.333 e. The van der Waals surface area contributed by atoms with Gasteiger partial charge >= 0.3 is 6.85 Å². The quantitative estimate of drug-likeness (QED) is 0.160. The average Bonchev–Trinajstić information content (AvgIpc) is 3.83. The SMILES string of the molecule is Cc1cc(-c2ccccc2)ccc1N1B2c3cc(C(C)(C)C)cc4c3N(c3cc5c(sc6ccccc65)c(c32)-c2c1ccc1c2C(C)(C)c2ccccc2-1)C1(C)CCCCC41C. The van der Waals surface area contributed by atoms with Crippen LogP contribution >= 0.6 is 11.3 Å². The van der Waals surface area contributed by atoms with Gasteiger partial charge in [0.1, 0.15) is 0 Å². The molecule has 8 aromatic rings. The van der Waals surface area contributed by atoms with E-state index in [9.17, 15) is 0 Å². The number of benzene rings is 7. The number of fused-ring (bicyclic) bond motifs is 15. The molecule has 2 aliphatic carbocycles. The Morgan fingerprint density at radius 2 is 1.37 bits per heavy atom. The lowest BCUT2D eigenvalue weighted by atomic mass is 9.42. The molecule has 0 N–H and O–H groups in total. The second kappa shape index (κ2) is 12.1. The first-order valence-electron chi connectivity index (χ1n) is 23.0. The van der Waals surface area contributed by atoms with Gasteiger partial charge in [-0.2, -0.15) is 0 Å². The Balaban J connectivity index is 1.23. The van der Waals surface area contributed by atoms with Gasteiger partial charge in [0, 0.05) is 64.9 Å². The minimum Gasteiger partial charge on any atom is -0.376 e. The van der Waals surface area contributed by atoms with Crippen molar-refractivity contribution in [1.29, 1.82) is 0 Å². The fraction of sp³-hybridized carbons (Fsp3) is 0.276. The molecule has 304 valence electrons. The Labute approximate surface area is 371 Å². The molecule has 0 bridgehead atoms. The van der Waals surface area contributed by atoms with Crippen LogP contribution in [-0.4, -0.2) is 12.4 Å². The zero-order chi connectivity index (χ0) is 42.2. The van der Waals surface area contributed by atoms with Crippen molar-refractivity contribution in [2.75, 3.05) is 9.71 Å². The van der Waals surface area contributed by atoms with Gasteiger partial charge in [-0.05, 0) is 123 Å². The average molecular weight is 821 g/mol. The standard InChI is InChI=1S/C58H53BN2S/c1-34-30-36(35-18-10-9-11-19-35)24-26-45(34)61-46-27-25-40-38-20-12-14-22-42(38)56(5,6)51(40)49(46)50-52-47(33-41-39-21-13-15-23-48(39)62-54(41)50)60-53-43(57(7)28-16-17-29-58(57,60)8)31-37(55(2,3)4)32-44(53)59(52)61/h9-15,18-27,30-33H,16-17,28-29H2,1-8H3. The topological polar surface area (TPSA) is 6.48 Å². The lowest BCUT2D eigenvalue weighted by Gasteiger charge is -2.53. The number of hydrogen-bond acceptors (Lipinski definition) is 3. The number of rotatable bonds is 2. The molecule has 1 fully saturated rings. The van der Waals surface area contributed by atoms with Crippen molar-refractivity contribution < 1.29 is 0 Å². The van der Waals surface area contributed by atoms with Gasteiger partial charge < -0.3 is 9.71 Å². The molecule has 0 spiro atoms. The molecule has 0 amide bonds.